The number of carbonyl (C=O) groups is 1. The van der Waals surface area contributed by atoms with Crippen molar-refractivity contribution in [1.29, 1.82) is 0 Å². The van der Waals surface area contributed by atoms with E-state index in [1.165, 1.54) is 32.4 Å². The maximum absolute atomic E-state index is 14.3. The van der Waals surface area contributed by atoms with Gasteiger partial charge in [-0.25, -0.2) is 14.0 Å². The first-order valence-corrected chi connectivity index (χ1v) is 8.32. The highest BCUT2D eigenvalue weighted by Gasteiger charge is 2.37. The molecule has 0 spiro atoms. The van der Waals surface area contributed by atoms with Gasteiger partial charge >= 0.3 is 11.7 Å². The number of H-pyrrole nitrogens is 1. The van der Waals surface area contributed by atoms with Gasteiger partial charge in [-0.05, 0) is 31.2 Å². The Hall–Kier alpha value is -2.94. The standard InChI is InChI=1S/C18H19FN2O6/c1-10-8-21(18(24)20-16(10)22)15-7-13(19)14(27-15)9-26-17(23)11-3-5-12(25-2)6-4-11/h3-6,8,13-15H,7,9H2,1-2H3,(H,20,22,24)/t13-,14+,15+/m0/s1. The van der Waals surface area contributed by atoms with Gasteiger partial charge in [0.2, 0.25) is 0 Å². The molecular formula is C18H19FN2O6. The molecule has 1 aliphatic rings. The Morgan fingerprint density at radius 2 is 2.04 bits per heavy atom. The number of hydrogen-bond acceptors (Lipinski definition) is 6. The van der Waals surface area contributed by atoms with E-state index in [0.717, 1.165) is 4.57 Å². The van der Waals surface area contributed by atoms with Crippen molar-refractivity contribution in [2.45, 2.75) is 31.8 Å². The molecule has 1 saturated heterocycles. The molecule has 9 heteroatoms. The number of aromatic amines is 1. The Morgan fingerprint density at radius 3 is 2.70 bits per heavy atom. The fraction of sp³-hybridized carbons (Fsp3) is 0.389. The second kappa shape index (κ2) is 7.75. The number of ether oxygens (including phenoxy) is 3. The molecule has 27 heavy (non-hydrogen) atoms. The van der Waals surface area contributed by atoms with Crippen LogP contribution in [-0.2, 0) is 9.47 Å². The van der Waals surface area contributed by atoms with Crippen LogP contribution in [0.5, 0.6) is 5.75 Å². The largest absolute Gasteiger partial charge is 0.497 e. The van der Waals surface area contributed by atoms with Crippen LogP contribution in [-0.4, -0.2) is 41.5 Å². The first kappa shape index (κ1) is 18.8. The molecule has 0 radical (unpaired) electrons. The molecule has 0 amide bonds. The van der Waals surface area contributed by atoms with Crippen LogP contribution >= 0.6 is 0 Å². The number of rotatable bonds is 5. The Balaban J connectivity index is 1.63. The van der Waals surface area contributed by atoms with E-state index in [9.17, 15) is 18.8 Å². The second-order valence-corrected chi connectivity index (χ2v) is 6.19. The highest BCUT2D eigenvalue weighted by atomic mass is 19.1. The molecule has 144 valence electrons. The van der Waals surface area contributed by atoms with Gasteiger partial charge in [0.05, 0.1) is 12.7 Å². The lowest BCUT2D eigenvalue weighted by Crippen LogP contribution is -2.33. The van der Waals surface area contributed by atoms with Crippen LogP contribution in [0.4, 0.5) is 4.39 Å². The second-order valence-electron chi connectivity index (χ2n) is 6.19. The van der Waals surface area contributed by atoms with Crippen LogP contribution in [0.2, 0.25) is 0 Å². The molecule has 0 unspecified atom stereocenters. The van der Waals surface area contributed by atoms with Crippen molar-refractivity contribution in [2.75, 3.05) is 13.7 Å². The van der Waals surface area contributed by atoms with Crippen LogP contribution in [0.1, 0.15) is 28.6 Å². The third-order valence-corrected chi connectivity index (χ3v) is 4.32. The summed E-state index contributed by atoms with van der Waals surface area (Å²) < 4.78 is 31.1. The van der Waals surface area contributed by atoms with Gasteiger partial charge in [0.15, 0.2) is 0 Å². The topological polar surface area (TPSA) is 99.6 Å². The molecule has 1 aliphatic heterocycles. The maximum Gasteiger partial charge on any atom is 0.338 e. The lowest BCUT2D eigenvalue weighted by atomic mass is 10.2. The third-order valence-electron chi connectivity index (χ3n) is 4.32. The van der Waals surface area contributed by atoms with Crippen molar-refractivity contribution < 1.29 is 23.4 Å². The van der Waals surface area contributed by atoms with Gasteiger partial charge in [-0.3, -0.25) is 14.3 Å². The smallest absolute Gasteiger partial charge is 0.338 e. The quantitative estimate of drug-likeness (QED) is 0.788. The molecule has 2 heterocycles. The predicted molar refractivity (Wildman–Crippen MR) is 92.8 cm³/mol. The molecule has 0 saturated carbocycles. The van der Waals surface area contributed by atoms with Gasteiger partial charge in [-0.2, -0.15) is 0 Å². The molecule has 8 nitrogen and oxygen atoms in total. The Kier molecular flexibility index (Phi) is 5.41. The Bertz CT molecular complexity index is 936. The van der Waals surface area contributed by atoms with Gasteiger partial charge in [0.25, 0.3) is 5.56 Å². The fourth-order valence-electron chi connectivity index (χ4n) is 2.78. The Morgan fingerprint density at radius 1 is 1.33 bits per heavy atom. The molecule has 3 atom stereocenters. The molecular weight excluding hydrogens is 359 g/mol. The zero-order chi connectivity index (χ0) is 19.6. The van der Waals surface area contributed by atoms with E-state index in [-0.39, 0.29) is 13.0 Å². The van der Waals surface area contributed by atoms with Crippen molar-refractivity contribution in [3.8, 4) is 5.75 Å². The minimum absolute atomic E-state index is 0.0872. The maximum atomic E-state index is 14.3. The van der Waals surface area contributed by atoms with E-state index in [0.29, 0.717) is 16.9 Å². The summed E-state index contributed by atoms with van der Waals surface area (Å²) in [6, 6.07) is 6.30. The van der Waals surface area contributed by atoms with E-state index in [4.69, 9.17) is 14.2 Å². The summed E-state index contributed by atoms with van der Waals surface area (Å²) in [5.41, 5.74) is -0.578. The molecule has 1 aromatic carbocycles. The van der Waals surface area contributed by atoms with Crippen molar-refractivity contribution in [2.24, 2.45) is 0 Å². The van der Waals surface area contributed by atoms with E-state index < -0.39 is 35.7 Å². The molecule has 0 aliphatic carbocycles. The Labute approximate surface area is 153 Å². The summed E-state index contributed by atoms with van der Waals surface area (Å²) in [6.45, 7) is 1.24. The number of nitrogens with zero attached hydrogens (tertiary/aromatic N) is 1. The van der Waals surface area contributed by atoms with Crippen LogP contribution in [0, 0.1) is 6.92 Å². The summed E-state index contributed by atoms with van der Waals surface area (Å²) in [6.07, 6.45) is -2.07. The average molecular weight is 378 g/mol. The van der Waals surface area contributed by atoms with E-state index >= 15 is 0 Å². The fourth-order valence-corrected chi connectivity index (χ4v) is 2.78. The number of hydrogen-bond donors (Lipinski definition) is 1. The molecule has 1 fully saturated rings. The first-order valence-electron chi connectivity index (χ1n) is 8.32. The summed E-state index contributed by atoms with van der Waals surface area (Å²) in [5.74, 6) is -0.0204. The highest BCUT2D eigenvalue weighted by molar-refractivity contribution is 5.89. The number of aromatic nitrogens is 2. The van der Waals surface area contributed by atoms with Crippen molar-refractivity contribution in [3.05, 3.63) is 62.4 Å². The number of esters is 1. The van der Waals surface area contributed by atoms with E-state index in [1.807, 2.05) is 0 Å². The zero-order valence-electron chi connectivity index (χ0n) is 14.8. The summed E-state index contributed by atoms with van der Waals surface area (Å²) >= 11 is 0. The van der Waals surface area contributed by atoms with Gasteiger partial charge < -0.3 is 14.2 Å². The lowest BCUT2D eigenvalue weighted by Gasteiger charge is -2.16. The number of halogens is 1. The van der Waals surface area contributed by atoms with Gasteiger partial charge in [0, 0.05) is 18.2 Å². The summed E-state index contributed by atoms with van der Waals surface area (Å²) in [7, 11) is 1.51. The lowest BCUT2D eigenvalue weighted by molar-refractivity contribution is -0.0440. The minimum Gasteiger partial charge on any atom is -0.497 e. The zero-order valence-corrected chi connectivity index (χ0v) is 14.8. The van der Waals surface area contributed by atoms with E-state index in [2.05, 4.69) is 4.98 Å². The molecule has 1 aromatic heterocycles. The first-order chi connectivity index (χ1) is 12.9. The number of carbonyl (C=O) groups excluding carboxylic acids is 1. The molecule has 0 bridgehead atoms. The van der Waals surface area contributed by atoms with Crippen molar-refractivity contribution >= 4 is 5.97 Å². The highest BCUT2D eigenvalue weighted by Crippen LogP contribution is 2.30. The number of alkyl halides is 1. The van der Waals surface area contributed by atoms with Gasteiger partial charge in [-0.1, -0.05) is 0 Å². The van der Waals surface area contributed by atoms with Gasteiger partial charge in [-0.15, -0.1) is 0 Å². The van der Waals surface area contributed by atoms with Gasteiger partial charge in [0.1, 0.15) is 30.9 Å². The van der Waals surface area contributed by atoms with Crippen LogP contribution < -0.4 is 16.0 Å². The minimum atomic E-state index is -1.42. The van der Waals surface area contributed by atoms with Crippen LogP contribution in [0.15, 0.2) is 40.1 Å². The molecule has 1 N–H and O–H groups in total. The third kappa shape index (κ3) is 4.08. The van der Waals surface area contributed by atoms with E-state index in [1.54, 1.807) is 12.1 Å². The SMILES string of the molecule is COc1ccc(C(=O)OC[C@H]2O[C@@H](n3cc(C)c(=O)[nH]c3=O)C[C@@H]2F)cc1. The number of benzene rings is 1. The monoisotopic (exact) mass is 378 g/mol. The normalized spacial score (nSPS) is 21.8. The number of aryl methyl sites for hydroxylation is 1. The average Bonchev–Trinajstić information content (AvgIpc) is 3.03. The van der Waals surface area contributed by atoms with Crippen LogP contribution in [0.3, 0.4) is 0 Å². The summed E-state index contributed by atoms with van der Waals surface area (Å²) in [5, 5.41) is 0. The van der Waals surface area contributed by atoms with Crippen molar-refractivity contribution in [1.82, 2.24) is 9.55 Å². The predicted octanol–water partition coefficient (Wildman–Crippen LogP) is 1.34. The number of nitrogens with one attached hydrogen (secondary N) is 1. The van der Waals surface area contributed by atoms with Crippen LogP contribution in [0.25, 0.3) is 0 Å². The molecule has 2 aromatic rings. The van der Waals surface area contributed by atoms with Crippen molar-refractivity contribution in [3.63, 3.8) is 0 Å². The number of methoxy groups -OCH3 is 1. The molecule has 3 rings (SSSR count). The summed E-state index contributed by atoms with van der Waals surface area (Å²) in [4.78, 5) is 37.6.